The van der Waals surface area contributed by atoms with E-state index in [0.29, 0.717) is 5.69 Å². The van der Waals surface area contributed by atoms with Crippen LogP contribution >= 0.6 is 11.6 Å². The number of hydrogen-bond donors (Lipinski definition) is 2. The molecule has 28 heavy (non-hydrogen) atoms. The summed E-state index contributed by atoms with van der Waals surface area (Å²) in [6.07, 6.45) is 3.25. The van der Waals surface area contributed by atoms with Gasteiger partial charge in [0.15, 0.2) is 0 Å². The average molecular weight is 416 g/mol. The minimum Gasteiger partial charge on any atom is -0.348 e. The number of carbonyl (C=O) groups is 1. The van der Waals surface area contributed by atoms with Gasteiger partial charge < -0.3 is 5.32 Å². The summed E-state index contributed by atoms with van der Waals surface area (Å²) in [4.78, 5) is 16.4. The van der Waals surface area contributed by atoms with Crippen LogP contribution in [0.25, 0.3) is 0 Å². The molecule has 0 radical (unpaired) electrons. The van der Waals surface area contributed by atoms with Gasteiger partial charge in [-0.1, -0.05) is 23.7 Å². The molecule has 1 aromatic heterocycles. The molecule has 2 aromatic carbocycles. The maximum atomic E-state index is 12.7. The van der Waals surface area contributed by atoms with Gasteiger partial charge in [0.25, 0.3) is 15.9 Å². The quantitative estimate of drug-likeness (QED) is 0.641. The lowest BCUT2D eigenvalue weighted by atomic mass is 10.2. The number of hydrogen-bond acceptors (Lipinski definition) is 4. The number of sulfonamides is 1. The predicted octanol–water partition coefficient (Wildman–Crippen LogP) is 3.77. The van der Waals surface area contributed by atoms with Crippen molar-refractivity contribution in [1.82, 2.24) is 10.3 Å². The van der Waals surface area contributed by atoms with E-state index in [1.165, 1.54) is 18.2 Å². The van der Waals surface area contributed by atoms with Crippen molar-refractivity contribution in [3.05, 3.63) is 88.7 Å². The number of rotatable bonds is 6. The third-order valence-electron chi connectivity index (χ3n) is 3.97. The fourth-order valence-corrected chi connectivity index (χ4v) is 3.83. The van der Waals surface area contributed by atoms with Crippen molar-refractivity contribution in [2.45, 2.75) is 18.4 Å². The summed E-state index contributed by atoms with van der Waals surface area (Å²) in [5.74, 6) is -0.464. The first kappa shape index (κ1) is 19.9. The topological polar surface area (TPSA) is 88.2 Å². The van der Waals surface area contributed by atoms with Gasteiger partial charge in [0.1, 0.15) is 0 Å². The van der Waals surface area contributed by atoms with Crippen LogP contribution in [0.3, 0.4) is 0 Å². The molecule has 0 bridgehead atoms. The molecule has 2 N–H and O–H groups in total. The molecule has 8 heteroatoms. The smallest absolute Gasteiger partial charge is 0.261 e. The van der Waals surface area contributed by atoms with E-state index in [-0.39, 0.29) is 22.0 Å². The first-order chi connectivity index (χ1) is 13.3. The summed E-state index contributed by atoms with van der Waals surface area (Å²) in [6, 6.07) is 14.6. The standard InChI is InChI=1S/C20H18ClN3O3S/c1-14-3-2-4-16(11-14)24-28(26,27)17-5-6-19(21)18(12-17)20(25)23-13-15-7-9-22-10-8-15/h2-12,24H,13H2,1H3,(H,23,25). The third-order valence-corrected chi connectivity index (χ3v) is 5.67. The first-order valence-electron chi connectivity index (χ1n) is 8.41. The highest BCUT2D eigenvalue weighted by Gasteiger charge is 2.19. The Bertz CT molecular complexity index is 1100. The number of pyridine rings is 1. The fraction of sp³-hybridized carbons (Fsp3) is 0.100. The van der Waals surface area contributed by atoms with Crippen molar-refractivity contribution in [2.75, 3.05) is 4.72 Å². The van der Waals surface area contributed by atoms with Gasteiger partial charge in [-0.2, -0.15) is 0 Å². The summed E-state index contributed by atoms with van der Waals surface area (Å²) in [7, 11) is -3.87. The van der Waals surface area contributed by atoms with Crippen LogP contribution in [0, 0.1) is 6.92 Å². The number of benzene rings is 2. The zero-order chi connectivity index (χ0) is 20.1. The highest BCUT2D eigenvalue weighted by molar-refractivity contribution is 7.92. The summed E-state index contributed by atoms with van der Waals surface area (Å²) < 4.78 is 27.9. The van der Waals surface area contributed by atoms with Gasteiger partial charge >= 0.3 is 0 Å². The van der Waals surface area contributed by atoms with E-state index in [1.807, 2.05) is 13.0 Å². The molecule has 0 aliphatic carbocycles. The number of carbonyl (C=O) groups excluding carboxylic acids is 1. The minimum atomic E-state index is -3.87. The molecule has 1 heterocycles. The number of nitrogens with zero attached hydrogens (tertiary/aromatic N) is 1. The molecule has 0 saturated carbocycles. The molecule has 0 unspecified atom stereocenters. The molecule has 0 fully saturated rings. The summed E-state index contributed by atoms with van der Waals surface area (Å²) in [6.45, 7) is 2.14. The van der Waals surface area contributed by atoms with E-state index >= 15 is 0 Å². The lowest BCUT2D eigenvalue weighted by Gasteiger charge is -2.11. The Hall–Kier alpha value is -2.90. The van der Waals surface area contributed by atoms with Crippen molar-refractivity contribution in [1.29, 1.82) is 0 Å². The Morgan fingerprint density at radius 1 is 1.07 bits per heavy atom. The van der Waals surface area contributed by atoms with Gasteiger partial charge in [-0.25, -0.2) is 8.42 Å². The van der Waals surface area contributed by atoms with E-state index in [9.17, 15) is 13.2 Å². The van der Waals surface area contributed by atoms with Crippen LogP contribution in [-0.4, -0.2) is 19.3 Å². The van der Waals surface area contributed by atoms with E-state index in [1.54, 1.807) is 42.7 Å². The summed E-state index contributed by atoms with van der Waals surface area (Å²) >= 11 is 6.12. The average Bonchev–Trinajstić information content (AvgIpc) is 2.67. The molecule has 3 rings (SSSR count). The highest BCUT2D eigenvalue weighted by atomic mass is 35.5. The number of amides is 1. The Kier molecular flexibility index (Phi) is 5.96. The molecule has 0 saturated heterocycles. The second-order valence-corrected chi connectivity index (χ2v) is 8.24. The normalized spacial score (nSPS) is 11.1. The number of anilines is 1. The monoisotopic (exact) mass is 415 g/mol. The van der Waals surface area contributed by atoms with Crippen LogP contribution in [0.5, 0.6) is 0 Å². The van der Waals surface area contributed by atoms with Crippen molar-refractivity contribution in [2.24, 2.45) is 0 Å². The maximum Gasteiger partial charge on any atom is 0.261 e. The second-order valence-electron chi connectivity index (χ2n) is 6.15. The zero-order valence-electron chi connectivity index (χ0n) is 15.0. The fourth-order valence-electron chi connectivity index (χ4n) is 2.55. The molecular weight excluding hydrogens is 398 g/mol. The molecule has 1 amide bonds. The molecular formula is C20H18ClN3O3S. The predicted molar refractivity (Wildman–Crippen MR) is 109 cm³/mol. The van der Waals surface area contributed by atoms with Gasteiger partial charge in [-0.15, -0.1) is 0 Å². The van der Waals surface area contributed by atoms with E-state index in [2.05, 4.69) is 15.0 Å². The van der Waals surface area contributed by atoms with Crippen LogP contribution in [0.15, 0.2) is 71.9 Å². The molecule has 6 nitrogen and oxygen atoms in total. The Balaban J connectivity index is 1.81. The van der Waals surface area contributed by atoms with Gasteiger partial charge in [0.05, 0.1) is 15.5 Å². The van der Waals surface area contributed by atoms with Crippen LogP contribution in [0.1, 0.15) is 21.5 Å². The molecule has 0 aliphatic heterocycles. The molecule has 0 spiro atoms. The van der Waals surface area contributed by atoms with Crippen molar-refractivity contribution in [3.63, 3.8) is 0 Å². The SMILES string of the molecule is Cc1cccc(NS(=O)(=O)c2ccc(Cl)c(C(=O)NCc3ccncc3)c2)c1. The van der Waals surface area contributed by atoms with Crippen LogP contribution < -0.4 is 10.0 Å². The van der Waals surface area contributed by atoms with Gasteiger partial charge in [-0.05, 0) is 60.5 Å². The molecule has 144 valence electrons. The van der Waals surface area contributed by atoms with Crippen molar-refractivity contribution < 1.29 is 13.2 Å². The molecule has 0 aliphatic rings. The Morgan fingerprint density at radius 3 is 2.54 bits per heavy atom. The van der Waals surface area contributed by atoms with Crippen LogP contribution in [-0.2, 0) is 16.6 Å². The van der Waals surface area contributed by atoms with Gasteiger partial charge in [0.2, 0.25) is 0 Å². The summed E-state index contributed by atoms with van der Waals surface area (Å²) in [5.41, 5.74) is 2.32. The number of halogens is 1. The van der Waals surface area contributed by atoms with Gasteiger partial charge in [-0.3, -0.25) is 14.5 Å². The van der Waals surface area contributed by atoms with Crippen LogP contribution in [0.2, 0.25) is 5.02 Å². The van der Waals surface area contributed by atoms with E-state index < -0.39 is 15.9 Å². The lowest BCUT2D eigenvalue weighted by Crippen LogP contribution is -2.23. The van der Waals surface area contributed by atoms with Crippen molar-refractivity contribution in [3.8, 4) is 0 Å². The second kappa shape index (κ2) is 8.41. The summed E-state index contributed by atoms with van der Waals surface area (Å²) in [5, 5.41) is 2.89. The van der Waals surface area contributed by atoms with Crippen LogP contribution in [0.4, 0.5) is 5.69 Å². The van der Waals surface area contributed by atoms with Gasteiger partial charge in [0, 0.05) is 24.6 Å². The Morgan fingerprint density at radius 2 is 1.82 bits per heavy atom. The molecule has 3 aromatic rings. The number of aryl methyl sites for hydroxylation is 1. The molecule has 0 atom stereocenters. The van der Waals surface area contributed by atoms with E-state index in [4.69, 9.17) is 11.6 Å². The largest absolute Gasteiger partial charge is 0.348 e. The maximum absolute atomic E-state index is 12.7. The third kappa shape index (κ3) is 4.88. The Labute approximate surface area is 168 Å². The first-order valence-corrected chi connectivity index (χ1v) is 10.3. The highest BCUT2D eigenvalue weighted by Crippen LogP contribution is 2.23. The zero-order valence-corrected chi connectivity index (χ0v) is 16.6. The lowest BCUT2D eigenvalue weighted by molar-refractivity contribution is 0.0951. The number of aromatic nitrogens is 1. The van der Waals surface area contributed by atoms with E-state index in [0.717, 1.165) is 11.1 Å². The number of nitrogens with one attached hydrogen (secondary N) is 2. The minimum absolute atomic E-state index is 0.0486. The van der Waals surface area contributed by atoms with Crippen molar-refractivity contribution >= 4 is 33.2 Å².